The lowest BCUT2D eigenvalue weighted by Crippen LogP contribution is -2.33. The van der Waals surface area contributed by atoms with Crippen LogP contribution in [-0.4, -0.2) is 29.7 Å². The van der Waals surface area contributed by atoms with E-state index in [0.29, 0.717) is 22.4 Å². The average Bonchev–Trinajstić information content (AvgIpc) is 2.78. The summed E-state index contributed by atoms with van der Waals surface area (Å²) >= 11 is 0. The number of benzene rings is 2. The van der Waals surface area contributed by atoms with Crippen LogP contribution < -0.4 is 4.74 Å². The normalized spacial score (nSPS) is 13.2. The zero-order chi connectivity index (χ0) is 14.8. The van der Waals surface area contributed by atoms with Gasteiger partial charge in [-0.3, -0.25) is 14.4 Å². The Kier molecular flexibility index (Phi) is 3.23. The molecule has 0 radical (unpaired) electrons. The van der Waals surface area contributed by atoms with E-state index < -0.39 is 0 Å². The highest BCUT2D eigenvalue weighted by molar-refractivity contribution is 6.21. The van der Waals surface area contributed by atoms with Crippen molar-refractivity contribution in [1.82, 2.24) is 4.90 Å². The first-order valence-corrected chi connectivity index (χ1v) is 6.34. The third-order valence-corrected chi connectivity index (χ3v) is 3.25. The standard InChI is InChI=1S/C16H11NO4/c18-9-11-5-7-12(8-6-11)21-10-17-15(19)13-3-1-2-4-14(13)16(17)20/h1-9H,10H2. The molecule has 2 aromatic rings. The summed E-state index contributed by atoms with van der Waals surface area (Å²) in [5, 5.41) is 0. The maximum Gasteiger partial charge on any atom is 0.264 e. The van der Waals surface area contributed by atoms with E-state index in [4.69, 9.17) is 4.74 Å². The zero-order valence-corrected chi connectivity index (χ0v) is 11.0. The van der Waals surface area contributed by atoms with Gasteiger partial charge in [-0.1, -0.05) is 12.1 Å². The second-order valence-corrected chi connectivity index (χ2v) is 4.54. The molecule has 5 nitrogen and oxygen atoms in total. The molecule has 1 aliphatic rings. The van der Waals surface area contributed by atoms with Crippen molar-refractivity contribution in [3.05, 3.63) is 65.2 Å². The molecule has 1 aliphatic heterocycles. The van der Waals surface area contributed by atoms with Crippen molar-refractivity contribution >= 4 is 18.1 Å². The highest BCUT2D eigenvalue weighted by Crippen LogP contribution is 2.22. The average molecular weight is 281 g/mol. The number of hydrogen-bond donors (Lipinski definition) is 0. The van der Waals surface area contributed by atoms with Gasteiger partial charge in [0.15, 0.2) is 6.73 Å². The van der Waals surface area contributed by atoms with Crippen molar-refractivity contribution in [3.63, 3.8) is 0 Å². The Morgan fingerprint density at radius 2 is 1.48 bits per heavy atom. The largest absolute Gasteiger partial charge is 0.473 e. The minimum Gasteiger partial charge on any atom is -0.473 e. The molecule has 0 unspecified atom stereocenters. The number of hydrogen-bond acceptors (Lipinski definition) is 4. The monoisotopic (exact) mass is 281 g/mol. The van der Waals surface area contributed by atoms with Crippen LogP contribution in [0.2, 0.25) is 0 Å². The Labute approximate surface area is 120 Å². The minimum atomic E-state index is -0.361. The maximum absolute atomic E-state index is 12.1. The lowest BCUT2D eigenvalue weighted by atomic mass is 10.1. The van der Waals surface area contributed by atoms with Crippen LogP contribution in [0.25, 0.3) is 0 Å². The van der Waals surface area contributed by atoms with Gasteiger partial charge in [-0.15, -0.1) is 0 Å². The fraction of sp³-hybridized carbons (Fsp3) is 0.0625. The second kappa shape index (κ2) is 5.20. The van der Waals surface area contributed by atoms with Crippen LogP contribution >= 0.6 is 0 Å². The summed E-state index contributed by atoms with van der Waals surface area (Å²) in [4.78, 5) is 35.8. The van der Waals surface area contributed by atoms with Crippen molar-refractivity contribution in [3.8, 4) is 5.75 Å². The van der Waals surface area contributed by atoms with Gasteiger partial charge in [-0.05, 0) is 36.4 Å². The molecule has 0 aliphatic carbocycles. The number of amides is 2. The van der Waals surface area contributed by atoms with Crippen LogP contribution in [0.4, 0.5) is 0 Å². The molecule has 1 heterocycles. The number of nitrogens with zero attached hydrogens (tertiary/aromatic N) is 1. The fourth-order valence-corrected chi connectivity index (χ4v) is 2.14. The predicted octanol–water partition coefficient (Wildman–Crippen LogP) is 2.13. The molecule has 3 rings (SSSR count). The molecule has 0 N–H and O–H groups in total. The molecule has 2 aromatic carbocycles. The first kappa shape index (κ1) is 13.1. The lowest BCUT2D eigenvalue weighted by molar-refractivity contribution is 0.0522. The van der Waals surface area contributed by atoms with Gasteiger partial charge >= 0.3 is 0 Å². The van der Waals surface area contributed by atoms with Crippen LogP contribution in [0.15, 0.2) is 48.5 Å². The second-order valence-electron chi connectivity index (χ2n) is 4.54. The van der Waals surface area contributed by atoms with Gasteiger partial charge in [0.1, 0.15) is 12.0 Å². The first-order valence-electron chi connectivity index (χ1n) is 6.34. The summed E-state index contributed by atoms with van der Waals surface area (Å²) in [7, 11) is 0. The summed E-state index contributed by atoms with van der Waals surface area (Å²) in [6, 6.07) is 13.1. The van der Waals surface area contributed by atoms with E-state index in [9.17, 15) is 14.4 Å². The number of aldehydes is 1. The van der Waals surface area contributed by atoms with Crippen LogP contribution in [0.3, 0.4) is 0 Å². The summed E-state index contributed by atoms with van der Waals surface area (Å²) < 4.78 is 5.43. The number of imide groups is 1. The fourth-order valence-electron chi connectivity index (χ4n) is 2.14. The van der Waals surface area contributed by atoms with Crippen LogP contribution in [0, 0.1) is 0 Å². The van der Waals surface area contributed by atoms with Gasteiger partial charge in [0.2, 0.25) is 0 Å². The molecule has 0 bridgehead atoms. The number of rotatable bonds is 4. The number of ether oxygens (including phenoxy) is 1. The van der Waals surface area contributed by atoms with Crippen molar-refractivity contribution < 1.29 is 19.1 Å². The van der Waals surface area contributed by atoms with Gasteiger partial charge < -0.3 is 4.74 Å². The molecule has 21 heavy (non-hydrogen) atoms. The highest BCUT2D eigenvalue weighted by atomic mass is 16.5. The molecule has 2 amide bonds. The molecule has 0 atom stereocenters. The minimum absolute atomic E-state index is 0.160. The molecule has 0 aromatic heterocycles. The van der Waals surface area contributed by atoms with Crippen molar-refractivity contribution in [2.75, 3.05) is 6.73 Å². The summed E-state index contributed by atoms with van der Waals surface area (Å²) in [6.45, 7) is -0.160. The van der Waals surface area contributed by atoms with Crippen molar-refractivity contribution in [1.29, 1.82) is 0 Å². The van der Waals surface area contributed by atoms with Gasteiger partial charge in [-0.2, -0.15) is 0 Å². The van der Waals surface area contributed by atoms with Crippen LogP contribution in [0.1, 0.15) is 31.1 Å². The van der Waals surface area contributed by atoms with E-state index in [2.05, 4.69) is 0 Å². The highest BCUT2D eigenvalue weighted by Gasteiger charge is 2.35. The SMILES string of the molecule is O=Cc1ccc(OCN2C(=O)c3ccccc3C2=O)cc1. The first-order chi connectivity index (χ1) is 10.2. The third kappa shape index (κ3) is 2.29. The van der Waals surface area contributed by atoms with Crippen LogP contribution in [0.5, 0.6) is 5.75 Å². The Bertz CT molecular complexity index is 686. The quantitative estimate of drug-likeness (QED) is 0.636. The van der Waals surface area contributed by atoms with E-state index >= 15 is 0 Å². The van der Waals surface area contributed by atoms with E-state index in [-0.39, 0.29) is 18.5 Å². The number of carbonyl (C=O) groups is 3. The van der Waals surface area contributed by atoms with Gasteiger partial charge in [0.05, 0.1) is 11.1 Å². The summed E-state index contributed by atoms with van der Waals surface area (Å²) in [5.41, 5.74) is 1.31. The third-order valence-electron chi connectivity index (χ3n) is 3.25. The maximum atomic E-state index is 12.1. The van der Waals surface area contributed by atoms with E-state index in [1.165, 1.54) is 0 Å². The van der Waals surface area contributed by atoms with E-state index in [0.717, 1.165) is 11.2 Å². The molecular weight excluding hydrogens is 270 g/mol. The molecule has 0 saturated heterocycles. The van der Waals surface area contributed by atoms with Gasteiger partial charge in [0, 0.05) is 5.56 Å². The lowest BCUT2D eigenvalue weighted by Gasteiger charge is -2.14. The van der Waals surface area contributed by atoms with Gasteiger partial charge in [-0.25, -0.2) is 4.90 Å². The van der Waals surface area contributed by atoms with Gasteiger partial charge in [0.25, 0.3) is 11.8 Å². The molecule has 5 heteroatoms. The van der Waals surface area contributed by atoms with Crippen molar-refractivity contribution in [2.45, 2.75) is 0 Å². The molecule has 0 spiro atoms. The topological polar surface area (TPSA) is 63.7 Å². The smallest absolute Gasteiger partial charge is 0.264 e. The number of fused-ring (bicyclic) bond motifs is 1. The Morgan fingerprint density at radius 3 is 2.00 bits per heavy atom. The van der Waals surface area contributed by atoms with E-state index in [1.807, 2.05) is 0 Å². The van der Waals surface area contributed by atoms with Crippen LogP contribution in [-0.2, 0) is 0 Å². The van der Waals surface area contributed by atoms with E-state index in [1.54, 1.807) is 48.5 Å². The Morgan fingerprint density at radius 1 is 0.905 bits per heavy atom. The molecule has 104 valence electrons. The molecule has 0 saturated carbocycles. The summed E-state index contributed by atoms with van der Waals surface area (Å²) in [6.07, 6.45) is 0.730. The molecule has 0 fully saturated rings. The zero-order valence-electron chi connectivity index (χ0n) is 11.0. The summed E-state index contributed by atoms with van der Waals surface area (Å²) in [5.74, 6) is -0.239. The predicted molar refractivity (Wildman–Crippen MR) is 74.3 cm³/mol. The Balaban J connectivity index is 1.73. The Hall–Kier alpha value is -2.95. The van der Waals surface area contributed by atoms with Crippen molar-refractivity contribution in [2.24, 2.45) is 0 Å². The molecular formula is C16H11NO4. The number of carbonyl (C=O) groups excluding carboxylic acids is 3.